The second-order valence-corrected chi connectivity index (χ2v) is 6.63. The molecule has 0 amide bonds. The Hall–Kier alpha value is -0.910. The van der Waals surface area contributed by atoms with E-state index in [1.807, 2.05) is 6.92 Å². The van der Waals surface area contributed by atoms with E-state index in [0.29, 0.717) is 0 Å². The van der Waals surface area contributed by atoms with Crippen LogP contribution in [-0.4, -0.2) is 25.6 Å². The number of carbonyl (C=O) groups is 1. The zero-order chi connectivity index (χ0) is 14.6. The molecule has 1 aromatic carbocycles. The monoisotopic (exact) mass is 303 g/mol. The molecule has 0 aliphatic heterocycles. The molecule has 2 atom stereocenters. The number of rotatable bonds is 6. The maximum Gasteiger partial charge on any atom is 0.240 e. The minimum Gasteiger partial charge on any atom is -0.298 e. The van der Waals surface area contributed by atoms with Gasteiger partial charge in [0.2, 0.25) is 10.0 Å². The van der Waals surface area contributed by atoms with Gasteiger partial charge in [-0.1, -0.05) is 24.6 Å². The van der Waals surface area contributed by atoms with E-state index in [0.717, 1.165) is 5.56 Å². The van der Waals surface area contributed by atoms with Gasteiger partial charge in [-0.25, -0.2) is 13.1 Å². The maximum absolute atomic E-state index is 12.1. The first-order chi connectivity index (χ1) is 8.77. The number of aryl methyl sites for hydroxylation is 1. The third-order valence-electron chi connectivity index (χ3n) is 2.77. The zero-order valence-corrected chi connectivity index (χ0v) is 12.8. The summed E-state index contributed by atoms with van der Waals surface area (Å²) in [5, 5.41) is -0.856. The van der Waals surface area contributed by atoms with Crippen molar-refractivity contribution in [2.75, 3.05) is 0 Å². The lowest BCUT2D eigenvalue weighted by Crippen LogP contribution is -2.42. The van der Waals surface area contributed by atoms with E-state index in [1.165, 1.54) is 12.1 Å². The van der Waals surface area contributed by atoms with E-state index >= 15 is 0 Å². The van der Waals surface area contributed by atoms with Gasteiger partial charge in [-0.2, -0.15) is 0 Å². The van der Waals surface area contributed by atoms with Crippen LogP contribution in [-0.2, 0) is 14.8 Å². The topological polar surface area (TPSA) is 63.2 Å². The second kappa shape index (κ2) is 6.50. The molecule has 0 unspecified atom stereocenters. The molecule has 0 aliphatic rings. The van der Waals surface area contributed by atoms with Gasteiger partial charge in [0, 0.05) is 12.5 Å². The molecule has 0 bridgehead atoms. The number of halogens is 1. The molecule has 1 N–H and O–H groups in total. The molecular weight excluding hydrogens is 286 g/mol. The summed E-state index contributed by atoms with van der Waals surface area (Å²) >= 11 is 5.92. The lowest BCUT2D eigenvalue weighted by Gasteiger charge is -2.18. The Morgan fingerprint density at radius 3 is 2.32 bits per heavy atom. The Labute approximate surface area is 119 Å². The third-order valence-corrected chi connectivity index (χ3v) is 4.96. The Morgan fingerprint density at radius 2 is 1.84 bits per heavy atom. The number of hydrogen-bond donors (Lipinski definition) is 1. The molecule has 1 aromatic rings. The van der Waals surface area contributed by atoms with E-state index in [9.17, 15) is 13.2 Å². The molecule has 0 fully saturated rings. The zero-order valence-electron chi connectivity index (χ0n) is 11.2. The smallest absolute Gasteiger partial charge is 0.240 e. The summed E-state index contributed by atoms with van der Waals surface area (Å²) in [6.07, 6.45) is 0.283. The first kappa shape index (κ1) is 16.1. The number of benzene rings is 1. The molecule has 106 valence electrons. The number of ketones is 1. The summed E-state index contributed by atoms with van der Waals surface area (Å²) in [5.41, 5.74) is 0.975. The van der Waals surface area contributed by atoms with Crippen LogP contribution < -0.4 is 4.72 Å². The quantitative estimate of drug-likeness (QED) is 0.820. The molecular formula is C13H18ClNO3S. The first-order valence-corrected chi connectivity index (χ1v) is 7.95. The lowest BCUT2D eigenvalue weighted by molar-refractivity contribution is -0.118. The van der Waals surface area contributed by atoms with Gasteiger partial charge in [-0.3, -0.25) is 4.79 Å². The van der Waals surface area contributed by atoms with E-state index in [-0.39, 0.29) is 17.1 Å². The van der Waals surface area contributed by atoms with Crippen LogP contribution in [0.5, 0.6) is 0 Å². The fourth-order valence-corrected chi connectivity index (χ4v) is 3.11. The highest BCUT2D eigenvalue weighted by Gasteiger charge is 2.26. The highest BCUT2D eigenvalue weighted by atomic mass is 35.5. The van der Waals surface area contributed by atoms with E-state index in [1.54, 1.807) is 26.0 Å². The Bertz CT molecular complexity index is 540. The summed E-state index contributed by atoms with van der Waals surface area (Å²) in [5.74, 6) is -0.180. The van der Waals surface area contributed by atoms with Crippen LogP contribution >= 0.6 is 11.6 Å². The Balaban J connectivity index is 2.85. The molecule has 1 rings (SSSR count). The van der Waals surface area contributed by atoms with Crippen LogP contribution in [0.2, 0.25) is 0 Å². The standard InChI is InChI=1S/C13H18ClNO3S/c1-4-12(16)13(14)10(3)15-19(17,18)11-7-5-9(2)6-8-11/h5-8,10,13,15H,4H2,1-3H3/t10-,13+/m1/s1. The Kier molecular flexibility index (Phi) is 5.52. The number of Topliss-reactive ketones (excluding diaryl/α,β-unsaturated/α-hetero) is 1. The molecule has 19 heavy (non-hydrogen) atoms. The average molecular weight is 304 g/mol. The number of hydrogen-bond acceptors (Lipinski definition) is 3. The molecule has 0 aromatic heterocycles. The summed E-state index contributed by atoms with van der Waals surface area (Å²) in [6, 6.07) is 5.83. The van der Waals surface area contributed by atoms with E-state index < -0.39 is 21.4 Å². The van der Waals surface area contributed by atoms with Crippen molar-refractivity contribution in [2.24, 2.45) is 0 Å². The first-order valence-electron chi connectivity index (χ1n) is 6.03. The van der Waals surface area contributed by atoms with Gasteiger partial charge in [-0.05, 0) is 26.0 Å². The number of carbonyl (C=O) groups excluding carboxylic acids is 1. The van der Waals surface area contributed by atoms with Crippen LogP contribution in [0.3, 0.4) is 0 Å². The highest BCUT2D eigenvalue weighted by molar-refractivity contribution is 7.89. The van der Waals surface area contributed by atoms with Crippen molar-refractivity contribution >= 4 is 27.4 Å². The largest absolute Gasteiger partial charge is 0.298 e. The van der Waals surface area contributed by atoms with Gasteiger partial charge in [0.05, 0.1) is 4.90 Å². The predicted octanol–water partition coefficient (Wildman–Crippen LogP) is 2.25. The minimum absolute atomic E-state index is 0.165. The van der Waals surface area contributed by atoms with Crippen molar-refractivity contribution in [3.8, 4) is 0 Å². The number of sulfonamides is 1. The van der Waals surface area contributed by atoms with Crippen LogP contribution in [0.25, 0.3) is 0 Å². The van der Waals surface area contributed by atoms with Gasteiger partial charge in [0.1, 0.15) is 5.38 Å². The van der Waals surface area contributed by atoms with Crippen molar-refractivity contribution in [3.63, 3.8) is 0 Å². The second-order valence-electron chi connectivity index (χ2n) is 4.44. The summed E-state index contributed by atoms with van der Waals surface area (Å²) in [4.78, 5) is 11.6. The average Bonchev–Trinajstić information content (AvgIpc) is 2.36. The van der Waals surface area contributed by atoms with E-state index in [4.69, 9.17) is 11.6 Å². The fraction of sp³-hybridized carbons (Fsp3) is 0.462. The molecule has 0 aliphatic carbocycles. The predicted molar refractivity (Wildman–Crippen MR) is 75.9 cm³/mol. The van der Waals surface area contributed by atoms with Crippen LogP contribution in [0.1, 0.15) is 25.8 Å². The Morgan fingerprint density at radius 1 is 1.32 bits per heavy atom. The normalized spacial score (nSPS) is 14.9. The summed E-state index contributed by atoms with van der Waals surface area (Å²) in [6.45, 7) is 5.15. The van der Waals surface area contributed by atoms with Crippen molar-refractivity contribution in [1.82, 2.24) is 4.72 Å². The van der Waals surface area contributed by atoms with Crippen molar-refractivity contribution in [1.29, 1.82) is 0 Å². The molecule has 4 nitrogen and oxygen atoms in total. The molecule has 0 spiro atoms. The maximum atomic E-state index is 12.1. The van der Waals surface area contributed by atoms with Gasteiger partial charge in [-0.15, -0.1) is 11.6 Å². The van der Waals surface area contributed by atoms with Crippen LogP contribution in [0, 0.1) is 6.92 Å². The van der Waals surface area contributed by atoms with E-state index in [2.05, 4.69) is 4.72 Å². The summed E-state index contributed by atoms with van der Waals surface area (Å²) in [7, 11) is -3.65. The third kappa shape index (κ3) is 4.30. The molecule has 0 heterocycles. The molecule has 0 radical (unpaired) electrons. The fourth-order valence-electron chi connectivity index (χ4n) is 1.56. The molecule has 0 saturated carbocycles. The SMILES string of the molecule is CCC(=O)[C@@H](Cl)[C@@H](C)NS(=O)(=O)c1ccc(C)cc1. The summed E-state index contributed by atoms with van der Waals surface area (Å²) < 4.78 is 26.6. The van der Waals surface area contributed by atoms with Crippen molar-refractivity contribution in [3.05, 3.63) is 29.8 Å². The highest BCUT2D eigenvalue weighted by Crippen LogP contribution is 2.13. The van der Waals surface area contributed by atoms with Gasteiger partial charge >= 0.3 is 0 Å². The number of nitrogens with one attached hydrogen (secondary N) is 1. The van der Waals surface area contributed by atoms with Crippen LogP contribution in [0.15, 0.2) is 29.2 Å². The molecule has 0 saturated heterocycles. The van der Waals surface area contributed by atoms with Crippen molar-refractivity contribution in [2.45, 2.75) is 43.5 Å². The number of alkyl halides is 1. The molecule has 6 heteroatoms. The minimum atomic E-state index is -3.65. The van der Waals surface area contributed by atoms with Gasteiger partial charge in [0.25, 0.3) is 0 Å². The van der Waals surface area contributed by atoms with Gasteiger partial charge in [0.15, 0.2) is 5.78 Å². The van der Waals surface area contributed by atoms with Gasteiger partial charge < -0.3 is 0 Å². The van der Waals surface area contributed by atoms with Crippen LogP contribution in [0.4, 0.5) is 0 Å². The van der Waals surface area contributed by atoms with Crippen molar-refractivity contribution < 1.29 is 13.2 Å². The lowest BCUT2D eigenvalue weighted by atomic mass is 10.1.